The molecule has 4 rings (SSSR count). The van der Waals surface area contributed by atoms with Crippen LogP contribution in [0.4, 0.5) is 0 Å². The molecule has 8 heteroatoms. The zero-order valence-corrected chi connectivity index (χ0v) is 18.9. The van der Waals surface area contributed by atoms with E-state index >= 15 is 0 Å². The molecule has 0 aromatic heterocycles. The second-order valence-corrected chi connectivity index (χ2v) is 8.43. The van der Waals surface area contributed by atoms with E-state index in [2.05, 4.69) is 10.2 Å². The normalized spacial score (nSPS) is 19.2. The maximum Gasteiger partial charge on any atom is 0.237 e. The lowest BCUT2D eigenvalue weighted by Crippen LogP contribution is -2.57. The van der Waals surface area contributed by atoms with E-state index in [1.807, 2.05) is 54.6 Å². The number of hydrogen-bond donors (Lipinski definition) is 1. The third-order valence-corrected chi connectivity index (χ3v) is 6.15. The Morgan fingerprint density at radius 3 is 2.36 bits per heavy atom. The molecule has 3 amide bonds. The molecule has 2 aliphatic rings. The SMILES string of the molecule is CC(=O)N1CCN(C(=O)C[C@@H]2C(=O)NCCN2Cc2cccc(Oc3ccccc3)c2)CC1. The van der Waals surface area contributed by atoms with Crippen molar-refractivity contribution in [1.29, 1.82) is 0 Å². The van der Waals surface area contributed by atoms with Crippen molar-refractivity contribution in [3.63, 3.8) is 0 Å². The summed E-state index contributed by atoms with van der Waals surface area (Å²) in [6.45, 7) is 5.41. The van der Waals surface area contributed by atoms with Gasteiger partial charge in [0.25, 0.3) is 0 Å². The topological polar surface area (TPSA) is 82.2 Å². The molecule has 0 spiro atoms. The van der Waals surface area contributed by atoms with Crippen LogP contribution in [0.3, 0.4) is 0 Å². The van der Waals surface area contributed by atoms with E-state index in [9.17, 15) is 14.4 Å². The number of benzene rings is 2. The molecule has 2 saturated heterocycles. The van der Waals surface area contributed by atoms with Gasteiger partial charge in [0.05, 0.1) is 12.5 Å². The van der Waals surface area contributed by atoms with Gasteiger partial charge in [-0.1, -0.05) is 30.3 Å². The average molecular weight is 451 g/mol. The van der Waals surface area contributed by atoms with Crippen molar-refractivity contribution in [2.75, 3.05) is 39.3 Å². The van der Waals surface area contributed by atoms with Crippen LogP contribution in [0.15, 0.2) is 54.6 Å². The fourth-order valence-corrected chi connectivity index (χ4v) is 4.30. The second-order valence-electron chi connectivity index (χ2n) is 8.43. The van der Waals surface area contributed by atoms with Crippen LogP contribution < -0.4 is 10.1 Å². The number of ether oxygens (including phenoxy) is 1. The Labute approximate surface area is 194 Å². The van der Waals surface area contributed by atoms with Gasteiger partial charge in [-0.2, -0.15) is 0 Å². The number of nitrogens with zero attached hydrogens (tertiary/aromatic N) is 3. The summed E-state index contributed by atoms with van der Waals surface area (Å²) in [5, 5.41) is 2.89. The molecule has 2 aromatic rings. The zero-order valence-electron chi connectivity index (χ0n) is 18.9. The first kappa shape index (κ1) is 22.8. The molecular formula is C25H30N4O4. The van der Waals surface area contributed by atoms with Crippen LogP contribution >= 0.6 is 0 Å². The molecule has 2 heterocycles. The average Bonchev–Trinajstić information content (AvgIpc) is 2.82. The van der Waals surface area contributed by atoms with Crippen LogP contribution in [0.1, 0.15) is 18.9 Å². The van der Waals surface area contributed by atoms with Crippen LogP contribution in [-0.2, 0) is 20.9 Å². The van der Waals surface area contributed by atoms with E-state index in [4.69, 9.17) is 4.74 Å². The summed E-state index contributed by atoms with van der Waals surface area (Å²) in [6.07, 6.45) is 0.131. The largest absolute Gasteiger partial charge is 0.457 e. The summed E-state index contributed by atoms with van der Waals surface area (Å²) in [5.74, 6) is 1.36. The van der Waals surface area contributed by atoms with Crippen molar-refractivity contribution < 1.29 is 19.1 Å². The predicted molar refractivity (Wildman–Crippen MR) is 124 cm³/mol. The number of carbonyl (C=O) groups excluding carboxylic acids is 3. The number of rotatable bonds is 6. The zero-order chi connectivity index (χ0) is 23.2. The predicted octanol–water partition coefficient (Wildman–Crippen LogP) is 1.86. The van der Waals surface area contributed by atoms with Gasteiger partial charge >= 0.3 is 0 Å². The summed E-state index contributed by atoms with van der Waals surface area (Å²) in [5.41, 5.74) is 1.02. The van der Waals surface area contributed by atoms with E-state index in [-0.39, 0.29) is 24.1 Å². The molecule has 0 aliphatic carbocycles. The summed E-state index contributed by atoms with van der Waals surface area (Å²) in [6, 6.07) is 16.9. The highest BCUT2D eigenvalue weighted by molar-refractivity contribution is 5.89. The highest BCUT2D eigenvalue weighted by Crippen LogP contribution is 2.23. The first-order valence-corrected chi connectivity index (χ1v) is 11.4. The number of para-hydroxylation sites is 1. The minimum absolute atomic E-state index is 0.0263. The van der Waals surface area contributed by atoms with E-state index in [1.165, 1.54) is 0 Å². The van der Waals surface area contributed by atoms with Crippen LogP contribution in [0.25, 0.3) is 0 Å². The van der Waals surface area contributed by atoms with Gasteiger partial charge in [-0.05, 0) is 29.8 Å². The summed E-state index contributed by atoms with van der Waals surface area (Å²) < 4.78 is 5.94. The molecule has 0 saturated carbocycles. The van der Waals surface area contributed by atoms with Gasteiger partial charge in [0, 0.05) is 52.7 Å². The lowest BCUT2D eigenvalue weighted by Gasteiger charge is -2.38. The number of hydrogen-bond acceptors (Lipinski definition) is 5. The molecule has 2 aliphatic heterocycles. The van der Waals surface area contributed by atoms with Crippen molar-refractivity contribution in [1.82, 2.24) is 20.0 Å². The van der Waals surface area contributed by atoms with Crippen LogP contribution in [-0.4, -0.2) is 77.7 Å². The molecule has 0 unspecified atom stereocenters. The van der Waals surface area contributed by atoms with Gasteiger partial charge in [-0.3, -0.25) is 19.3 Å². The number of carbonyl (C=O) groups is 3. The van der Waals surface area contributed by atoms with Gasteiger partial charge < -0.3 is 19.9 Å². The molecule has 174 valence electrons. The summed E-state index contributed by atoms with van der Waals surface area (Å²) in [4.78, 5) is 42.7. The Kier molecular flexibility index (Phi) is 7.24. The smallest absolute Gasteiger partial charge is 0.237 e. The van der Waals surface area contributed by atoms with Crippen LogP contribution in [0.2, 0.25) is 0 Å². The molecule has 0 radical (unpaired) electrons. The summed E-state index contributed by atoms with van der Waals surface area (Å²) >= 11 is 0. The van der Waals surface area contributed by atoms with Crippen molar-refractivity contribution in [2.24, 2.45) is 0 Å². The van der Waals surface area contributed by atoms with Gasteiger partial charge in [0.2, 0.25) is 17.7 Å². The Bertz CT molecular complexity index is 989. The standard InChI is InChI=1S/C25H30N4O4/c1-19(30)27-12-14-28(15-13-27)24(31)17-23-25(32)26-10-11-29(23)18-20-6-5-9-22(16-20)33-21-7-3-2-4-8-21/h2-9,16,23H,10-15,17-18H2,1H3,(H,26,32)/t23-/m1/s1. The van der Waals surface area contributed by atoms with E-state index in [0.717, 1.165) is 17.1 Å². The summed E-state index contributed by atoms with van der Waals surface area (Å²) in [7, 11) is 0. The Morgan fingerprint density at radius 1 is 0.939 bits per heavy atom. The monoisotopic (exact) mass is 450 g/mol. The molecule has 2 fully saturated rings. The first-order valence-electron chi connectivity index (χ1n) is 11.4. The fourth-order valence-electron chi connectivity index (χ4n) is 4.30. The van der Waals surface area contributed by atoms with Crippen molar-refractivity contribution in [3.05, 3.63) is 60.2 Å². The third-order valence-electron chi connectivity index (χ3n) is 6.15. The van der Waals surface area contributed by atoms with Gasteiger partial charge in [-0.25, -0.2) is 0 Å². The molecular weight excluding hydrogens is 420 g/mol. The molecule has 1 N–H and O–H groups in total. The van der Waals surface area contributed by atoms with Crippen molar-refractivity contribution in [2.45, 2.75) is 25.9 Å². The van der Waals surface area contributed by atoms with Crippen molar-refractivity contribution in [3.8, 4) is 11.5 Å². The third kappa shape index (κ3) is 5.90. The number of amides is 3. The molecule has 0 bridgehead atoms. The lowest BCUT2D eigenvalue weighted by atomic mass is 10.1. The Hall–Kier alpha value is -3.39. The van der Waals surface area contributed by atoms with E-state index in [1.54, 1.807) is 16.7 Å². The second kappa shape index (κ2) is 10.5. The quantitative estimate of drug-likeness (QED) is 0.727. The molecule has 33 heavy (non-hydrogen) atoms. The first-order chi connectivity index (χ1) is 16.0. The number of nitrogens with one attached hydrogen (secondary N) is 1. The van der Waals surface area contributed by atoms with Crippen LogP contribution in [0.5, 0.6) is 11.5 Å². The van der Waals surface area contributed by atoms with Crippen molar-refractivity contribution >= 4 is 17.7 Å². The van der Waals surface area contributed by atoms with Gasteiger partial charge in [0.1, 0.15) is 11.5 Å². The Balaban J connectivity index is 1.39. The minimum Gasteiger partial charge on any atom is -0.457 e. The van der Waals surface area contributed by atoms with Gasteiger partial charge in [0.15, 0.2) is 0 Å². The molecule has 1 atom stereocenters. The number of piperazine rings is 2. The molecule has 8 nitrogen and oxygen atoms in total. The molecule has 2 aromatic carbocycles. The van der Waals surface area contributed by atoms with Crippen LogP contribution in [0, 0.1) is 0 Å². The Morgan fingerprint density at radius 2 is 1.64 bits per heavy atom. The maximum absolute atomic E-state index is 12.9. The maximum atomic E-state index is 12.9. The highest BCUT2D eigenvalue weighted by atomic mass is 16.5. The highest BCUT2D eigenvalue weighted by Gasteiger charge is 2.33. The van der Waals surface area contributed by atoms with E-state index in [0.29, 0.717) is 45.8 Å². The van der Waals surface area contributed by atoms with E-state index < -0.39 is 6.04 Å². The minimum atomic E-state index is -0.518. The fraction of sp³-hybridized carbons (Fsp3) is 0.400. The van der Waals surface area contributed by atoms with Gasteiger partial charge in [-0.15, -0.1) is 0 Å². The lowest BCUT2D eigenvalue weighted by molar-refractivity contribution is -0.142.